The summed E-state index contributed by atoms with van der Waals surface area (Å²) in [6, 6.07) is 14.8. The van der Waals surface area contributed by atoms with Crippen molar-refractivity contribution in [2.45, 2.75) is 19.1 Å². The second kappa shape index (κ2) is 9.50. The smallest absolute Gasteiger partial charge is 0.416 e. The molecule has 0 N–H and O–H groups in total. The quantitative estimate of drug-likeness (QED) is 0.333. The first-order chi connectivity index (χ1) is 15.8. The Morgan fingerprint density at radius 3 is 2.61 bits per heavy atom. The Balaban J connectivity index is 1.51. The Labute approximate surface area is 191 Å². The van der Waals surface area contributed by atoms with E-state index in [0.717, 1.165) is 12.1 Å². The highest BCUT2D eigenvalue weighted by atomic mass is 35.5. The Kier molecular flexibility index (Phi) is 6.50. The average Bonchev–Trinajstić information content (AvgIpc) is 3.48. The molecule has 0 spiro atoms. The molecule has 4 rings (SSSR count). The minimum atomic E-state index is -4.48. The minimum absolute atomic E-state index is 0.0334. The summed E-state index contributed by atoms with van der Waals surface area (Å²) in [4.78, 5) is 18.8. The van der Waals surface area contributed by atoms with Gasteiger partial charge in [0.2, 0.25) is 11.7 Å². The number of nitrogens with zero attached hydrogens (tertiary/aromatic N) is 3. The van der Waals surface area contributed by atoms with E-state index in [2.05, 4.69) is 10.1 Å². The maximum Gasteiger partial charge on any atom is 0.416 e. The molecular formula is C23H17ClF3N3O3. The summed E-state index contributed by atoms with van der Waals surface area (Å²) in [5, 5.41) is 4.10. The van der Waals surface area contributed by atoms with E-state index in [1.54, 1.807) is 36.4 Å². The van der Waals surface area contributed by atoms with E-state index in [0.29, 0.717) is 16.3 Å². The number of alkyl halides is 3. The summed E-state index contributed by atoms with van der Waals surface area (Å²) in [6.45, 7) is 0.376. The van der Waals surface area contributed by atoms with Crippen LogP contribution in [0.5, 0.6) is 0 Å². The third-order valence-corrected chi connectivity index (χ3v) is 5.16. The number of carbonyl (C=O) groups excluding carboxylic acids is 1. The summed E-state index contributed by atoms with van der Waals surface area (Å²) in [5.74, 6) is 0.477. The maximum absolute atomic E-state index is 13.1. The van der Waals surface area contributed by atoms with Crippen LogP contribution in [-0.2, 0) is 19.1 Å². The predicted octanol–water partition coefficient (Wildman–Crippen LogP) is 5.89. The monoisotopic (exact) mass is 475 g/mol. The molecule has 0 aliphatic rings. The average molecular weight is 476 g/mol. The Morgan fingerprint density at radius 1 is 1.06 bits per heavy atom. The molecule has 33 heavy (non-hydrogen) atoms. The fraction of sp³-hybridized carbons (Fsp3) is 0.174. The number of amides is 1. The van der Waals surface area contributed by atoms with Crippen molar-refractivity contribution in [2.75, 3.05) is 6.54 Å². The van der Waals surface area contributed by atoms with Crippen LogP contribution in [0.15, 0.2) is 75.9 Å². The molecule has 0 aliphatic heterocycles. The molecule has 0 aliphatic carbocycles. The molecule has 0 atom stereocenters. The second-order valence-corrected chi connectivity index (χ2v) is 7.53. The number of rotatable bonds is 7. The van der Waals surface area contributed by atoms with E-state index in [4.69, 9.17) is 20.5 Å². The normalized spacial score (nSPS) is 11.5. The van der Waals surface area contributed by atoms with Gasteiger partial charge < -0.3 is 13.8 Å². The molecule has 1 amide bonds. The Hall–Kier alpha value is -3.59. The van der Waals surface area contributed by atoms with Gasteiger partial charge in [0.25, 0.3) is 5.91 Å². The topological polar surface area (TPSA) is 72.4 Å². The summed E-state index contributed by atoms with van der Waals surface area (Å²) in [5.41, 5.74) is -0.290. The maximum atomic E-state index is 13.1. The van der Waals surface area contributed by atoms with Gasteiger partial charge in [-0.25, -0.2) is 0 Å². The zero-order valence-corrected chi connectivity index (χ0v) is 17.8. The molecule has 0 saturated heterocycles. The number of carbonyl (C=O) groups is 1. The van der Waals surface area contributed by atoms with Crippen molar-refractivity contribution >= 4 is 17.5 Å². The molecule has 2 aromatic carbocycles. The van der Waals surface area contributed by atoms with Crippen LogP contribution >= 0.6 is 11.6 Å². The fourth-order valence-electron chi connectivity index (χ4n) is 3.19. The predicted molar refractivity (Wildman–Crippen MR) is 113 cm³/mol. The van der Waals surface area contributed by atoms with Crippen molar-refractivity contribution in [2.24, 2.45) is 0 Å². The zero-order valence-electron chi connectivity index (χ0n) is 17.1. The SMILES string of the molecule is O=C(c1ccccc1Cl)N(CCc1nc(-c2cccc(C(F)(F)F)c2)no1)Cc1ccco1. The lowest BCUT2D eigenvalue weighted by Gasteiger charge is -2.21. The molecule has 0 unspecified atom stereocenters. The van der Waals surface area contributed by atoms with Crippen LogP contribution in [0.25, 0.3) is 11.4 Å². The van der Waals surface area contributed by atoms with Gasteiger partial charge in [-0.15, -0.1) is 0 Å². The van der Waals surface area contributed by atoms with Gasteiger partial charge in [0.1, 0.15) is 5.76 Å². The first-order valence-corrected chi connectivity index (χ1v) is 10.3. The molecule has 0 fully saturated rings. The Bertz CT molecular complexity index is 1240. The first kappa shape index (κ1) is 22.6. The van der Waals surface area contributed by atoms with Gasteiger partial charge >= 0.3 is 6.18 Å². The number of benzene rings is 2. The number of aromatic nitrogens is 2. The van der Waals surface area contributed by atoms with Gasteiger partial charge in [0.05, 0.1) is 29.0 Å². The number of hydrogen-bond donors (Lipinski definition) is 0. The third kappa shape index (κ3) is 5.43. The van der Waals surface area contributed by atoms with Crippen LogP contribution in [0.1, 0.15) is 27.6 Å². The molecule has 2 heterocycles. The van der Waals surface area contributed by atoms with E-state index >= 15 is 0 Å². The standard InChI is InChI=1S/C23H17ClF3N3O3/c24-19-9-2-1-8-18(19)22(31)30(14-17-7-4-12-32-17)11-10-20-28-21(29-33-20)15-5-3-6-16(13-15)23(25,26)27/h1-9,12-13H,10-11,14H2. The van der Waals surface area contributed by atoms with Crippen molar-refractivity contribution in [1.29, 1.82) is 0 Å². The molecule has 4 aromatic rings. The van der Waals surface area contributed by atoms with E-state index in [9.17, 15) is 18.0 Å². The highest BCUT2D eigenvalue weighted by Gasteiger charge is 2.31. The molecule has 0 radical (unpaired) electrons. The van der Waals surface area contributed by atoms with Gasteiger partial charge in [-0.05, 0) is 36.4 Å². The van der Waals surface area contributed by atoms with Crippen LogP contribution in [0, 0.1) is 0 Å². The largest absolute Gasteiger partial charge is 0.467 e. The van der Waals surface area contributed by atoms with Crippen LogP contribution in [-0.4, -0.2) is 27.5 Å². The van der Waals surface area contributed by atoms with Gasteiger partial charge in [0.15, 0.2) is 0 Å². The van der Waals surface area contributed by atoms with Gasteiger partial charge in [0, 0.05) is 18.5 Å². The van der Waals surface area contributed by atoms with Crippen LogP contribution in [0.2, 0.25) is 5.02 Å². The molecule has 6 nitrogen and oxygen atoms in total. The fourth-order valence-corrected chi connectivity index (χ4v) is 3.40. The van der Waals surface area contributed by atoms with E-state index in [1.165, 1.54) is 23.3 Å². The van der Waals surface area contributed by atoms with Gasteiger partial charge in [-0.3, -0.25) is 4.79 Å². The van der Waals surface area contributed by atoms with Crippen molar-refractivity contribution < 1.29 is 26.9 Å². The third-order valence-electron chi connectivity index (χ3n) is 4.83. The van der Waals surface area contributed by atoms with E-state index < -0.39 is 11.7 Å². The number of halogens is 4. The molecule has 2 aromatic heterocycles. The Morgan fingerprint density at radius 2 is 1.88 bits per heavy atom. The first-order valence-electron chi connectivity index (χ1n) is 9.87. The number of hydrogen-bond acceptors (Lipinski definition) is 5. The molecule has 0 bridgehead atoms. The highest BCUT2D eigenvalue weighted by molar-refractivity contribution is 6.33. The highest BCUT2D eigenvalue weighted by Crippen LogP contribution is 2.31. The summed E-state index contributed by atoms with van der Waals surface area (Å²) in [6.07, 6.45) is -2.79. The molecule has 170 valence electrons. The molecular weight excluding hydrogens is 459 g/mol. The van der Waals surface area contributed by atoms with Crippen LogP contribution in [0.4, 0.5) is 13.2 Å². The summed E-state index contributed by atoms with van der Waals surface area (Å²) >= 11 is 6.19. The summed E-state index contributed by atoms with van der Waals surface area (Å²) in [7, 11) is 0. The lowest BCUT2D eigenvalue weighted by Crippen LogP contribution is -2.32. The lowest BCUT2D eigenvalue weighted by atomic mass is 10.1. The van der Waals surface area contributed by atoms with Crippen molar-refractivity contribution in [3.8, 4) is 11.4 Å². The van der Waals surface area contributed by atoms with Crippen molar-refractivity contribution in [1.82, 2.24) is 15.0 Å². The number of furan rings is 1. The van der Waals surface area contributed by atoms with Crippen molar-refractivity contribution in [3.63, 3.8) is 0 Å². The molecule has 0 saturated carbocycles. The molecule has 10 heteroatoms. The van der Waals surface area contributed by atoms with Crippen LogP contribution in [0.3, 0.4) is 0 Å². The summed E-state index contributed by atoms with van der Waals surface area (Å²) < 4.78 is 49.5. The van der Waals surface area contributed by atoms with Crippen molar-refractivity contribution in [3.05, 3.63) is 94.7 Å². The second-order valence-electron chi connectivity index (χ2n) is 7.13. The van der Waals surface area contributed by atoms with E-state index in [-0.39, 0.29) is 42.7 Å². The zero-order chi connectivity index (χ0) is 23.4. The van der Waals surface area contributed by atoms with Gasteiger partial charge in [-0.1, -0.05) is 41.0 Å². The van der Waals surface area contributed by atoms with Gasteiger partial charge in [-0.2, -0.15) is 18.2 Å². The van der Waals surface area contributed by atoms with E-state index in [1.807, 2.05) is 0 Å². The lowest BCUT2D eigenvalue weighted by molar-refractivity contribution is -0.137. The van der Waals surface area contributed by atoms with Crippen LogP contribution < -0.4 is 0 Å². The minimum Gasteiger partial charge on any atom is -0.467 e.